The van der Waals surface area contributed by atoms with Gasteiger partial charge in [-0.05, 0) is 43.9 Å². The molecule has 1 N–H and O–H groups in total. The van der Waals surface area contributed by atoms with E-state index in [0.29, 0.717) is 6.54 Å². The number of hydrogen-bond donors (Lipinski definition) is 1. The molecule has 0 spiro atoms. The van der Waals surface area contributed by atoms with Gasteiger partial charge in [0, 0.05) is 20.1 Å². The number of amides is 1. The van der Waals surface area contributed by atoms with E-state index >= 15 is 0 Å². The Morgan fingerprint density at radius 1 is 1.30 bits per heavy atom. The van der Waals surface area contributed by atoms with Crippen molar-refractivity contribution >= 4 is 5.91 Å². The molecule has 110 valence electrons. The smallest absolute Gasteiger partial charge is 0.229 e. The third-order valence-corrected chi connectivity index (χ3v) is 4.31. The number of rotatable bonds is 4. The summed E-state index contributed by atoms with van der Waals surface area (Å²) in [7, 11) is 1.91. The van der Waals surface area contributed by atoms with Gasteiger partial charge in [-0.2, -0.15) is 0 Å². The Balaban J connectivity index is 1.99. The Hall–Kier alpha value is -1.35. The average Bonchev–Trinajstić information content (AvgIpc) is 2.48. The van der Waals surface area contributed by atoms with E-state index in [0.717, 1.165) is 32.4 Å². The Morgan fingerprint density at radius 2 is 1.95 bits per heavy atom. The fourth-order valence-electron chi connectivity index (χ4n) is 2.93. The molecule has 0 radical (unpaired) electrons. The normalized spacial score (nSPS) is 22.6. The van der Waals surface area contributed by atoms with Gasteiger partial charge in [-0.25, -0.2) is 0 Å². The maximum absolute atomic E-state index is 12.6. The quantitative estimate of drug-likeness (QED) is 0.915. The zero-order valence-corrected chi connectivity index (χ0v) is 12.9. The van der Waals surface area contributed by atoms with Crippen LogP contribution in [0, 0.1) is 5.41 Å². The first-order valence-corrected chi connectivity index (χ1v) is 7.59. The van der Waals surface area contributed by atoms with Crippen LogP contribution in [0.25, 0.3) is 0 Å². The van der Waals surface area contributed by atoms with Gasteiger partial charge in [0.25, 0.3) is 0 Å². The van der Waals surface area contributed by atoms with Crippen LogP contribution in [0.1, 0.15) is 37.8 Å². The molecule has 1 amide bonds. The van der Waals surface area contributed by atoms with E-state index < -0.39 is 0 Å². The van der Waals surface area contributed by atoms with Crippen molar-refractivity contribution in [3.05, 3.63) is 35.4 Å². The van der Waals surface area contributed by atoms with E-state index in [4.69, 9.17) is 0 Å². The summed E-state index contributed by atoms with van der Waals surface area (Å²) < 4.78 is 0. The van der Waals surface area contributed by atoms with Crippen molar-refractivity contribution in [3.63, 3.8) is 0 Å². The highest BCUT2D eigenvalue weighted by atomic mass is 16.2. The number of nitrogens with zero attached hydrogens (tertiary/aromatic N) is 1. The number of benzene rings is 1. The number of piperidine rings is 1. The SMILES string of the molecule is CCc1ccc(CN(C)C(=O)C2(C)CCCNC2)cc1. The number of nitrogens with one attached hydrogen (secondary N) is 1. The summed E-state index contributed by atoms with van der Waals surface area (Å²) in [6.07, 6.45) is 3.12. The summed E-state index contributed by atoms with van der Waals surface area (Å²) in [5.41, 5.74) is 2.30. The highest BCUT2D eigenvalue weighted by molar-refractivity contribution is 5.82. The minimum atomic E-state index is -0.240. The van der Waals surface area contributed by atoms with E-state index in [1.165, 1.54) is 11.1 Å². The number of carbonyl (C=O) groups excluding carboxylic acids is 1. The molecule has 1 fully saturated rings. The molecule has 1 aromatic rings. The highest BCUT2D eigenvalue weighted by Gasteiger charge is 2.36. The Bertz CT molecular complexity index is 447. The third-order valence-electron chi connectivity index (χ3n) is 4.31. The van der Waals surface area contributed by atoms with Crippen LogP contribution in [-0.2, 0) is 17.8 Å². The van der Waals surface area contributed by atoms with Crippen LogP contribution >= 0.6 is 0 Å². The van der Waals surface area contributed by atoms with E-state index in [1.807, 2.05) is 11.9 Å². The summed E-state index contributed by atoms with van der Waals surface area (Å²) in [4.78, 5) is 14.5. The number of carbonyl (C=O) groups is 1. The minimum Gasteiger partial charge on any atom is -0.341 e. The zero-order valence-electron chi connectivity index (χ0n) is 12.9. The lowest BCUT2D eigenvalue weighted by atomic mass is 9.81. The van der Waals surface area contributed by atoms with Crippen molar-refractivity contribution in [2.24, 2.45) is 5.41 Å². The first-order chi connectivity index (χ1) is 9.55. The molecular formula is C17H26N2O. The van der Waals surface area contributed by atoms with Gasteiger partial charge in [-0.15, -0.1) is 0 Å². The number of hydrogen-bond acceptors (Lipinski definition) is 2. The molecule has 0 aliphatic carbocycles. The summed E-state index contributed by atoms with van der Waals surface area (Å²) in [5, 5.41) is 3.34. The maximum atomic E-state index is 12.6. The fraction of sp³-hybridized carbons (Fsp3) is 0.588. The molecular weight excluding hydrogens is 248 g/mol. The van der Waals surface area contributed by atoms with Crippen molar-refractivity contribution in [3.8, 4) is 0 Å². The van der Waals surface area contributed by atoms with Crippen molar-refractivity contribution < 1.29 is 4.79 Å². The predicted octanol–water partition coefficient (Wildman–Crippen LogP) is 2.60. The molecule has 3 heteroatoms. The second-order valence-electron chi connectivity index (χ2n) is 6.17. The van der Waals surface area contributed by atoms with Crippen molar-refractivity contribution in [1.29, 1.82) is 0 Å². The first kappa shape index (κ1) is 15.0. The van der Waals surface area contributed by atoms with E-state index in [2.05, 4.69) is 43.4 Å². The minimum absolute atomic E-state index is 0.240. The standard InChI is InChI=1S/C17H26N2O/c1-4-14-6-8-15(9-7-14)12-19(3)16(20)17(2)10-5-11-18-13-17/h6-9,18H,4-5,10-13H2,1-3H3. The Labute approximate surface area is 122 Å². The second kappa shape index (κ2) is 6.40. The van der Waals surface area contributed by atoms with Gasteiger partial charge in [-0.3, -0.25) is 4.79 Å². The lowest BCUT2D eigenvalue weighted by Gasteiger charge is -2.36. The van der Waals surface area contributed by atoms with Crippen molar-refractivity contribution in [1.82, 2.24) is 10.2 Å². The molecule has 1 aliphatic rings. The van der Waals surface area contributed by atoms with E-state index in [1.54, 1.807) is 0 Å². The summed E-state index contributed by atoms with van der Waals surface area (Å²) in [5.74, 6) is 0.254. The summed E-state index contributed by atoms with van der Waals surface area (Å²) in [6.45, 7) is 6.76. The molecule has 0 bridgehead atoms. The van der Waals surface area contributed by atoms with Crippen LogP contribution < -0.4 is 5.32 Å². The molecule has 1 atom stereocenters. The van der Waals surface area contributed by atoms with Gasteiger partial charge in [0.05, 0.1) is 5.41 Å². The van der Waals surface area contributed by atoms with Crippen LogP contribution in [0.2, 0.25) is 0 Å². The fourth-order valence-corrected chi connectivity index (χ4v) is 2.93. The van der Waals surface area contributed by atoms with E-state index in [9.17, 15) is 4.79 Å². The highest BCUT2D eigenvalue weighted by Crippen LogP contribution is 2.28. The molecule has 1 unspecified atom stereocenters. The van der Waals surface area contributed by atoms with Gasteiger partial charge in [-0.1, -0.05) is 31.2 Å². The molecule has 0 saturated carbocycles. The largest absolute Gasteiger partial charge is 0.341 e. The van der Waals surface area contributed by atoms with Gasteiger partial charge >= 0.3 is 0 Å². The van der Waals surface area contributed by atoms with Gasteiger partial charge in [0.15, 0.2) is 0 Å². The topological polar surface area (TPSA) is 32.3 Å². The second-order valence-corrected chi connectivity index (χ2v) is 6.17. The van der Waals surface area contributed by atoms with Crippen LogP contribution in [0.3, 0.4) is 0 Å². The molecule has 1 aromatic carbocycles. The molecule has 1 saturated heterocycles. The van der Waals surface area contributed by atoms with Crippen LogP contribution in [0.5, 0.6) is 0 Å². The monoisotopic (exact) mass is 274 g/mol. The van der Waals surface area contributed by atoms with Gasteiger partial charge in [0.1, 0.15) is 0 Å². The lowest BCUT2D eigenvalue weighted by Crippen LogP contribution is -2.48. The molecule has 3 nitrogen and oxygen atoms in total. The van der Waals surface area contributed by atoms with Gasteiger partial charge < -0.3 is 10.2 Å². The molecule has 1 aliphatic heterocycles. The van der Waals surface area contributed by atoms with E-state index in [-0.39, 0.29) is 11.3 Å². The molecule has 0 aromatic heterocycles. The zero-order chi connectivity index (χ0) is 14.6. The van der Waals surface area contributed by atoms with Crippen LogP contribution in [-0.4, -0.2) is 30.9 Å². The Morgan fingerprint density at radius 3 is 2.50 bits per heavy atom. The molecule has 1 heterocycles. The summed E-state index contributed by atoms with van der Waals surface area (Å²) >= 11 is 0. The van der Waals surface area contributed by atoms with Crippen LogP contribution in [0.15, 0.2) is 24.3 Å². The Kier molecular flexibility index (Phi) is 4.81. The average molecular weight is 274 g/mol. The molecule has 20 heavy (non-hydrogen) atoms. The lowest BCUT2D eigenvalue weighted by molar-refractivity contribution is -0.141. The van der Waals surface area contributed by atoms with Gasteiger partial charge in [0.2, 0.25) is 5.91 Å². The van der Waals surface area contributed by atoms with Crippen LogP contribution in [0.4, 0.5) is 0 Å². The third kappa shape index (κ3) is 3.40. The van der Waals surface area contributed by atoms with Crippen molar-refractivity contribution in [2.45, 2.75) is 39.7 Å². The molecule has 2 rings (SSSR count). The number of aryl methyl sites for hydroxylation is 1. The van der Waals surface area contributed by atoms with Crippen molar-refractivity contribution in [2.75, 3.05) is 20.1 Å². The maximum Gasteiger partial charge on any atom is 0.229 e. The first-order valence-electron chi connectivity index (χ1n) is 7.59. The predicted molar refractivity (Wildman–Crippen MR) is 82.5 cm³/mol. The summed E-state index contributed by atoms with van der Waals surface area (Å²) in [6, 6.07) is 8.56.